The molecule has 0 saturated heterocycles. The predicted octanol–water partition coefficient (Wildman–Crippen LogP) is 2.58. The molecule has 0 spiro atoms. The quantitative estimate of drug-likeness (QED) is 0.842. The Labute approximate surface area is 94.8 Å². The molecule has 0 aliphatic heterocycles. The van der Waals surface area contributed by atoms with Gasteiger partial charge < -0.3 is 4.52 Å². The number of anilines is 1. The second kappa shape index (κ2) is 4.46. The molecular formula is C9H7ClN2O2S. The van der Waals surface area contributed by atoms with Gasteiger partial charge in [0.1, 0.15) is 11.6 Å². The van der Waals surface area contributed by atoms with Gasteiger partial charge in [-0.3, -0.25) is 10.1 Å². The molecule has 0 aliphatic rings. The Morgan fingerprint density at radius 3 is 3.20 bits per heavy atom. The number of halogens is 1. The Balaban J connectivity index is 2.14. The van der Waals surface area contributed by atoms with Crippen LogP contribution in [0.25, 0.3) is 10.6 Å². The van der Waals surface area contributed by atoms with Gasteiger partial charge in [-0.25, -0.2) is 0 Å². The van der Waals surface area contributed by atoms with Crippen LogP contribution in [0.4, 0.5) is 5.88 Å². The largest absolute Gasteiger partial charge is 0.338 e. The van der Waals surface area contributed by atoms with E-state index in [-0.39, 0.29) is 11.8 Å². The van der Waals surface area contributed by atoms with Gasteiger partial charge in [-0.15, -0.1) is 22.9 Å². The number of hydrogen-bond acceptors (Lipinski definition) is 4. The van der Waals surface area contributed by atoms with E-state index in [1.807, 2.05) is 17.5 Å². The lowest BCUT2D eigenvalue weighted by Crippen LogP contribution is -2.11. The molecule has 0 aliphatic carbocycles. The standard InChI is InChI=1S/C9H7ClN2O2S/c10-5-8(13)11-9-4-6(12-14-9)7-2-1-3-15-7/h1-4H,5H2,(H,11,13). The zero-order chi connectivity index (χ0) is 10.7. The van der Waals surface area contributed by atoms with Crippen LogP contribution in [0.5, 0.6) is 0 Å². The van der Waals surface area contributed by atoms with E-state index in [2.05, 4.69) is 10.5 Å². The molecule has 0 fully saturated rings. The van der Waals surface area contributed by atoms with E-state index in [0.29, 0.717) is 11.6 Å². The highest BCUT2D eigenvalue weighted by atomic mass is 35.5. The smallest absolute Gasteiger partial charge is 0.241 e. The minimum atomic E-state index is -0.314. The molecule has 0 bridgehead atoms. The predicted molar refractivity (Wildman–Crippen MR) is 59.2 cm³/mol. The summed E-state index contributed by atoms with van der Waals surface area (Å²) < 4.78 is 4.93. The van der Waals surface area contributed by atoms with E-state index in [9.17, 15) is 4.79 Å². The molecule has 78 valence electrons. The van der Waals surface area contributed by atoms with Crippen molar-refractivity contribution in [3.63, 3.8) is 0 Å². The topological polar surface area (TPSA) is 55.1 Å². The third kappa shape index (κ3) is 2.37. The number of carbonyl (C=O) groups is 1. The molecule has 15 heavy (non-hydrogen) atoms. The highest BCUT2D eigenvalue weighted by Gasteiger charge is 2.08. The molecule has 2 aromatic heterocycles. The van der Waals surface area contributed by atoms with E-state index in [0.717, 1.165) is 4.88 Å². The van der Waals surface area contributed by atoms with Crippen molar-refractivity contribution in [2.45, 2.75) is 0 Å². The van der Waals surface area contributed by atoms with Crippen LogP contribution in [-0.2, 0) is 4.79 Å². The molecule has 0 unspecified atom stereocenters. The van der Waals surface area contributed by atoms with Gasteiger partial charge in [0.25, 0.3) is 0 Å². The van der Waals surface area contributed by atoms with Gasteiger partial charge in [-0.1, -0.05) is 11.2 Å². The fourth-order valence-electron chi connectivity index (χ4n) is 1.05. The average Bonchev–Trinajstić information content (AvgIpc) is 2.85. The summed E-state index contributed by atoms with van der Waals surface area (Å²) in [6.07, 6.45) is 0. The SMILES string of the molecule is O=C(CCl)Nc1cc(-c2cccs2)no1. The Bertz CT molecular complexity index is 452. The maximum absolute atomic E-state index is 10.9. The van der Waals surface area contributed by atoms with Crippen molar-refractivity contribution in [1.29, 1.82) is 0 Å². The number of thiophene rings is 1. The molecule has 1 amide bonds. The monoisotopic (exact) mass is 242 g/mol. The lowest BCUT2D eigenvalue weighted by atomic mass is 10.3. The van der Waals surface area contributed by atoms with Gasteiger partial charge in [0, 0.05) is 6.07 Å². The zero-order valence-corrected chi connectivity index (χ0v) is 9.14. The summed E-state index contributed by atoms with van der Waals surface area (Å²) in [5, 5.41) is 8.25. The van der Waals surface area contributed by atoms with Gasteiger partial charge >= 0.3 is 0 Å². The number of aromatic nitrogens is 1. The number of hydrogen-bond donors (Lipinski definition) is 1. The third-order valence-electron chi connectivity index (χ3n) is 1.67. The van der Waals surface area contributed by atoms with Gasteiger partial charge in [0.05, 0.1) is 4.88 Å². The van der Waals surface area contributed by atoms with Crippen LogP contribution < -0.4 is 5.32 Å². The highest BCUT2D eigenvalue weighted by Crippen LogP contribution is 2.25. The van der Waals surface area contributed by atoms with Crippen molar-refractivity contribution in [3.05, 3.63) is 23.6 Å². The van der Waals surface area contributed by atoms with Crippen LogP contribution in [0.2, 0.25) is 0 Å². The number of nitrogens with zero attached hydrogens (tertiary/aromatic N) is 1. The van der Waals surface area contributed by atoms with Gasteiger partial charge in [-0.2, -0.15) is 0 Å². The summed E-state index contributed by atoms with van der Waals surface area (Å²) >= 11 is 6.89. The van der Waals surface area contributed by atoms with E-state index < -0.39 is 0 Å². The number of carbonyl (C=O) groups excluding carboxylic acids is 1. The van der Waals surface area contributed by atoms with Gasteiger partial charge in [0.2, 0.25) is 11.8 Å². The maximum atomic E-state index is 10.9. The first kappa shape index (κ1) is 10.2. The molecule has 4 nitrogen and oxygen atoms in total. The summed E-state index contributed by atoms with van der Waals surface area (Å²) in [6, 6.07) is 5.51. The number of alkyl halides is 1. The first-order valence-electron chi connectivity index (χ1n) is 4.16. The molecule has 0 atom stereocenters. The summed E-state index contributed by atoms with van der Waals surface area (Å²) in [4.78, 5) is 11.9. The first-order valence-corrected chi connectivity index (χ1v) is 5.57. The lowest BCUT2D eigenvalue weighted by molar-refractivity contribution is -0.114. The highest BCUT2D eigenvalue weighted by molar-refractivity contribution is 7.13. The van der Waals surface area contributed by atoms with Crippen molar-refractivity contribution in [1.82, 2.24) is 5.16 Å². The van der Waals surface area contributed by atoms with Crippen LogP contribution >= 0.6 is 22.9 Å². The number of amides is 1. The minimum Gasteiger partial charge on any atom is -0.338 e. The normalized spacial score (nSPS) is 10.2. The Morgan fingerprint density at radius 1 is 1.67 bits per heavy atom. The second-order valence-corrected chi connectivity index (χ2v) is 3.95. The Kier molecular flexibility index (Phi) is 3.03. The van der Waals surface area contributed by atoms with Crippen LogP contribution in [0.3, 0.4) is 0 Å². The fraction of sp³-hybridized carbons (Fsp3) is 0.111. The van der Waals surface area contributed by atoms with Crippen LogP contribution in [0.1, 0.15) is 0 Å². The van der Waals surface area contributed by atoms with Crippen molar-refractivity contribution in [3.8, 4) is 10.6 Å². The average molecular weight is 243 g/mol. The third-order valence-corrected chi connectivity index (χ3v) is 2.80. The van der Waals surface area contributed by atoms with Gasteiger partial charge in [0.15, 0.2) is 0 Å². The van der Waals surface area contributed by atoms with Crippen LogP contribution in [0, 0.1) is 0 Å². The first-order chi connectivity index (χ1) is 7.29. The molecule has 0 aromatic carbocycles. The Hall–Kier alpha value is -1.33. The molecular weight excluding hydrogens is 236 g/mol. The Morgan fingerprint density at radius 2 is 2.53 bits per heavy atom. The van der Waals surface area contributed by atoms with Crippen molar-refractivity contribution in [2.24, 2.45) is 0 Å². The molecule has 0 radical (unpaired) electrons. The molecule has 2 rings (SSSR count). The number of nitrogens with one attached hydrogen (secondary N) is 1. The van der Waals surface area contributed by atoms with Crippen LogP contribution in [0.15, 0.2) is 28.1 Å². The summed E-state index contributed by atoms with van der Waals surface area (Å²) in [5.41, 5.74) is 0.704. The lowest BCUT2D eigenvalue weighted by Gasteiger charge is -1.93. The minimum absolute atomic E-state index is 0.102. The van der Waals surface area contributed by atoms with E-state index in [1.54, 1.807) is 17.4 Å². The van der Waals surface area contributed by atoms with E-state index in [1.165, 1.54) is 0 Å². The van der Waals surface area contributed by atoms with E-state index in [4.69, 9.17) is 16.1 Å². The summed E-state index contributed by atoms with van der Waals surface area (Å²) in [6.45, 7) is 0. The molecule has 2 heterocycles. The molecule has 2 aromatic rings. The molecule has 1 N–H and O–H groups in total. The fourth-order valence-corrected chi connectivity index (χ4v) is 1.79. The maximum Gasteiger partial charge on any atom is 0.241 e. The van der Waals surface area contributed by atoms with Gasteiger partial charge in [-0.05, 0) is 11.4 Å². The summed E-state index contributed by atoms with van der Waals surface area (Å²) in [7, 11) is 0. The van der Waals surface area contributed by atoms with E-state index >= 15 is 0 Å². The van der Waals surface area contributed by atoms with Crippen molar-refractivity contribution >= 4 is 34.7 Å². The zero-order valence-electron chi connectivity index (χ0n) is 7.57. The molecule has 0 saturated carbocycles. The van der Waals surface area contributed by atoms with Crippen molar-refractivity contribution in [2.75, 3.05) is 11.2 Å². The molecule has 6 heteroatoms. The number of rotatable bonds is 3. The van der Waals surface area contributed by atoms with Crippen molar-refractivity contribution < 1.29 is 9.32 Å². The summed E-state index contributed by atoms with van der Waals surface area (Å²) in [5.74, 6) is -0.107. The second-order valence-electron chi connectivity index (χ2n) is 2.74. The van der Waals surface area contributed by atoms with Crippen LogP contribution in [-0.4, -0.2) is 16.9 Å².